The van der Waals surface area contributed by atoms with Gasteiger partial charge in [0.1, 0.15) is 0 Å². The molecular weight excluding hydrogens is 314 g/mol. The summed E-state index contributed by atoms with van der Waals surface area (Å²) in [4.78, 5) is 24.5. The maximum Gasteiger partial charge on any atom is 0.271 e. The topological polar surface area (TPSA) is 75.5 Å². The Morgan fingerprint density at radius 1 is 1.53 bits per heavy atom. The molecule has 2 rings (SSSR count). The number of benzene rings is 1. The largest absolute Gasteiger partial charge is 0.333 e. The first kappa shape index (κ1) is 14.0. The monoisotopic (exact) mass is 327 g/mol. The summed E-state index contributed by atoms with van der Waals surface area (Å²) < 4.78 is 0.535. The standard InChI is InChI=1S/C12H14BrN3O3/c1-8-7-14-2-3-15(8)12(17)9-4-10(13)6-11(5-9)16(18)19/h4-6,8,14H,2-3,7H2,1H3/t8-/m1/s1. The number of nitro benzene ring substituents is 1. The van der Waals surface area contributed by atoms with Crippen molar-refractivity contribution in [2.45, 2.75) is 13.0 Å². The molecule has 0 saturated carbocycles. The van der Waals surface area contributed by atoms with Crippen molar-refractivity contribution in [2.75, 3.05) is 19.6 Å². The van der Waals surface area contributed by atoms with Crippen molar-refractivity contribution in [3.63, 3.8) is 0 Å². The number of amides is 1. The minimum Gasteiger partial charge on any atom is -0.333 e. The Balaban J connectivity index is 2.30. The fourth-order valence-electron chi connectivity index (χ4n) is 2.11. The van der Waals surface area contributed by atoms with Gasteiger partial charge in [-0.3, -0.25) is 14.9 Å². The van der Waals surface area contributed by atoms with Crippen LogP contribution in [0.25, 0.3) is 0 Å². The lowest BCUT2D eigenvalue weighted by Crippen LogP contribution is -2.52. The second kappa shape index (κ2) is 5.66. The van der Waals surface area contributed by atoms with E-state index in [0.29, 0.717) is 16.6 Å². The molecule has 0 radical (unpaired) electrons. The van der Waals surface area contributed by atoms with E-state index >= 15 is 0 Å². The Morgan fingerprint density at radius 3 is 2.89 bits per heavy atom. The predicted molar refractivity (Wildman–Crippen MR) is 74.2 cm³/mol. The fraction of sp³-hybridized carbons (Fsp3) is 0.417. The molecule has 1 fully saturated rings. The zero-order chi connectivity index (χ0) is 14.0. The second-order valence-electron chi connectivity index (χ2n) is 4.51. The number of rotatable bonds is 2. The highest BCUT2D eigenvalue weighted by atomic mass is 79.9. The maximum absolute atomic E-state index is 12.4. The molecule has 1 saturated heterocycles. The third-order valence-electron chi connectivity index (χ3n) is 3.10. The molecule has 102 valence electrons. The number of hydrogen-bond acceptors (Lipinski definition) is 4. The maximum atomic E-state index is 12.4. The number of nitrogens with one attached hydrogen (secondary N) is 1. The molecule has 6 nitrogen and oxygen atoms in total. The third kappa shape index (κ3) is 3.10. The van der Waals surface area contributed by atoms with Gasteiger partial charge in [0.15, 0.2) is 0 Å². The van der Waals surface area contributed by atoms with E-state index in [2.05, 4.69) is 21.2 Å². The molecule has 19 heavy (non-hydrogen) atoms. The summed E-state index contributed by atoms with van der Waals surface area (Å²) in [6, 6.07) is 4.41. The Hall–Kier alpha value is -1.47. The summed E-state index contributed by atoms with van der Waals surface area (Å²) in [5.74, 6) is -0.168. The molecule has 0 aliphatic carbocycles. The van der Waals surface area contributed by atoms with Crippen LogP contribution in [0, 0.1) is 10.1 Å². The van der Waals surface area contributed by atoms with Crippen LogP contribution in [-0.4, -0.2) is 41.4 Å². The Bertz CT molecular complexity index is 521. The molecule has 1 aromatic rings. The quantitative estimate of drug-likeness (QED) is 0.663. The van der Waals surface area contributed by atoms with Crippen LogP contribution in [-0.2, 0) is 0 Å². The van der Waals surface area contributed by atoms with Gasteiger partial charge in [-0.2, -0.15) is 0 Å². The molecule has 0 aromatic heterocycles. The predicted octanol–water partition coefficient (Wildman–Crippen LogP) is 1.79. The van der Waals surface area contributed by atoms with Crippen molar-refractivity contribution >= 4 is 27.5 Å². The number of halogens is 1. The van der Waals surface area contributed by atoms with Gasteiger partial charge in [0.25, 0.3) is 11.6 Å². The molecule has 0 bridgehead atoms. The van der Waals surface area contributed by atoms with Gasteiger partial charge in [0, 0.05) is 47.8 Å². The highest BCUT2D eigenvalue weighted by Crippen LogP contribution is 2.23. The first-order valence-corrected chi connectivity index (χ1v) is 6.75. The van der Waals surface area contributed by atoms with Crippen molar-refractivity contribution in [1.82, 2.24) is 10.2 Å². The lowest BCUT2D eigenvalue weighted by atomic mass is 10.1. The molecule has 7 heteroatoms. The molecule has 1 atom stereocenters. The SMILES string of the molecule is C[C@@H]1CNCCN1C(=O)c1cc(Br)cc([N+](=O)[O-])c1. The molecular formula is C12H14BrN3O3. The van der Waals surface area contributed by atoms with Crippen LogP contribution >= 0.6 is 15.9 Å². The van der Waals surface area contributed by atoms with Gasteiger partial charge in [-0.15, -0.1) is 0 Å². The summed E-state index contributed by atoms with van der Waals surface area (Å²) in [6.07, 6.45) is 0. The average Bonchev–Trinajstić information content (AvgIpc) is 2.37. The number of nitrogens with zero attached hydrogens (tertiary/aromatic N) is 2. The number of hydrogen-bond donors (Lipinski definition) is 1. The molecule has 1 aromatic carbocycles. The molecule has 1 N–H and O–H groups in total. The third-order valence-corrected chi connectivity index (χ3v) is 3.56. The summed E-state index contributed by atoms with van der Waals surface area (Å²) in [6.45, 7) is 4.05. The van der Waals surface area contributed by atoms with Crippen LogP contribution in [0.15, 0.2) is 22.7 Å². The van der Waals surface area contributed by atoms with Crippen molar-refractivity contribution in [1.29, 1.82) is 0 Å². The second-order valence-corrected chi connectivity index (χ2v) is 5.42. The van der Waals surface area contributed by atoms with Gasteiger partial charge in [-0.05, 0) is 13.0 Å². The smallest absolute Gasteiger partial charge is 0.271 e. The number of carbonyl (C=O) groups excluding carboxylic acids is 1. The number of carbonyl (C=O) groups is 1. The van der Waals surface area contributed by atoms with Gasteiger partial charge < -0.3 is 10.2 Å². The molecule has 1 heterocycles. The van der Waals surface area contributed by atoms with E-state index in [1.54, 1.807) is 11.0 Å². The van der Waals surface area contributed by atoms with E-state index < -0.39 is 4.92 Å². The first-order valence-electron chi connectivity index (χ1n) is 5.95. The average molecular weight is 328 g/mol. The highest BCUT2D eigenvalue weighted by Gasteiger charge is 2.25. The minimum absolute atomic E-state index is 0.0827. The van der Waals surface area contributed by atoms with Crippen LogP contribution in [0.5, 0.6) is 0 Å². The van der Waals surface area contributed by atoms with Crippen molar-refractivity contribution in [2.24, 2.45) is 0 Å². The lowest BCUT2D eigenvalue weighted by Gasteiger charge is -2.34. The van der Waals surface area contributed by atoms with Crippen LogP contribution in [0.2, 0.25) is 0 Å². The zero-order valence-electron chi connectivity index (χ0n) is 10.4. The van der Waals surface area contributed by atoms with E-state index in [9.17, 15) is 14.9 Å². The molecule has 1 aliphatic rings. The summed E-state index contributed by atoms with van der Waals surface area (Å²) >= 11 is 3.20. The number of non-ortho nitro benzene ring substituents is 1. The molecule has 0 unspecified atom stereocenters. The van der Waals surface area contributed by atoms with Gasteiger partial charge in [0.05, 0.1) is 4.92 Å². The van der Waals surface area contributed by atoms with Crippen molar-refractivity contribution in [3.05, 3.63) is 38.3 Å². The summed E-state index contributed by atoms with van der Waals surface area (Å²) in [7, 11) is 0. The highest BCUT2D eigenvalue weighted by molar-refractivity contribution is 9.10. The first-order chi connectivity index (χ1) is 8.99. The van der Waals surface area contributed by atoms with Crippen LogP contribution in [0.1, 0.15) is 17.3 Å². The summed E-state index contributed by atoms with van der Waals surface area (Å²) in [5, 5.41) is 14.0. The zero-order valence-corrected chi connectivity index (χ0v) is 12.0. The fourth-order valence-corrected chi connectivity index (χ4v) is 2.59. The number of piperazine rings is 1. The van der Waals surface area contributed by atoms with Crippen LogP contribution in [0.4, 0.5) is 5.69 Å². The van der Waals surface area contributed by atoms with E-state index in [0.717, 1.165) is 13.1 Å². The Morgan fingerprint density at radius 2 is 2.26 bits per heavy atom. The van der Waals surface area contributed by atoms with Gasteiger partial charge in [-0.25, -0.2) is 0 Å². The normalized spacial score (nSPS) is 19.3. The van der Waals surface area contributed by atoms with E-state index in [1.807, 2.05) is 6.92 Å². The Kier molecular flexibility index (Phi) is 4.16. The molecule has 1 aliphatic heterocycles. The van der Waals surface area contributed by atoms with Crippen molar-refractivity contribution < 1.29 is 9.72 Å². The number of nitro groups is 1. The molecule has 1 amide bonds. The van der Waals surface area contributed by atoms with E-state index in [-0.39, 0.29) is 17.6 Å². The van der Waals surface area contributed by atoms with Gasteiger partial charge in [0.2, 0.25) is 0 Å². The van der Waals surface area contributed by atoms with Crippen LogP contribution < -0.4 is 5.32 Å². The minimum atomic E-state index is -0.497. The Labute approximate surface area is 119 Å². The van der Waals surface area contributed by atoms with Crippen molar-refractivity contribution in [3.8, 4) is 0 Å². The summed E-state index contributed by atoms with van der Waals surface area (Å²) in [5.41, 5.74) is 0.260. The van der Waals surface area contributed by atoms with E-state index in [4.69, 9.17) is 0 Å². The van der Waals surface area contributed by atoms with E-state index in [1.165, 1.54) is 12.1 Å². The molecule has 0 spiro atoms. The lowest BCUT2D eigenvalue weighted by molar-refractivity contribution is -0.385. The van der Waals surface area contributed by atoms with Gasteiger partial charge in [-0.1, -0.05) is 15.9 Å². The van der Waals surface area contributed by atoms with Crippen LogP contribution in [0.3, 0.4) is 0 Å². The van der Waals surface area contributed by atoms with Gasteiger partial charge >= 0.3 is 0 Å².